The summed E-state index contributed by atoms with van der Waals surface area (Å²) in [5.41, 5.74) is 10.5. The quantitative estimate of drug-likeness (QED) is 0.874. The van der Waals surface area contributed by atoms with Crippen molar-refractivity contribution >= 4 is 0 Å². The molecule has 0 aliphatic carbocycles. The van der Waals surface area contributed by atoms with Crippen LogP contribution in [0.5, 0.6) is 11.5 Å². The standard InChI is InChI=1S/C21H28N2O2/c1-4-18(22)21-17-13-20(25-3)19(24-2)12-16(17)10-11-23(21)14-15-8-6-5-7-9-15/h5-9,12-13,18,21H,4,10-11,14,22H2,1-3H3/t18-,21-/m0/s1. The van der Waals surface area contributed by atoms with Crippen molar-refractivity contribution in [3.8, 4) is 11.5 Å². The number of rotatable bonds is 6. The fraction of sp³-hybridized carbons (Fsp3) is 0.429. The molecule has 25 heavy (non-hydrogen) atoms. The van der Waals surface area contributed by atoms with Gasteiger partial charge >= 0.3 is 0 Å². The first-order chi connectivity index (χ1) is 12.2. The van der Waals surface area contributed by atoms with Crippen LogP contribution in [-0.2, 0) is 13.0 Å². The first kappa shape index (κ1) is 17.8. The van der Waals surface area contributed by atoms with Crippen LogP contribution in [0, 0.1) is 0 Å². The van der Waals surface area contributed by atoms with E-state index in [1.807, 2.05) is 0 Å². The Morgan fingerprint density at radius 2 is 1.80 bits per heavy atom. The number of methoxy groups -OCH3 is 2. The Labute approximate surface area is 150 Å². The van der Waals surface area contributed by atoms with Crippen LogP contribution in [0.4, 0.5) is 0 Å². The number of nitrogens with two attached hydrogens (primary N) is 1. The minimum atomic E-state index is 0.0841. The van der Waals surface area contributed by atoms with Gasteiger partial charge in [-0.3, -0.25) is 4.90 Å². The molecule has 1 heterocycles. The molecule has 4 nitrogen and oxygen atoms in total. The Kier molecular flexibility index (Phi) is 5.61. The average Bonchev–Trinajstić information content (AvgIpc) is 2.66. The molecule has 2 N–H and O–H groups in total. The molecule has 0 bridgehead atoms. The lowest BCUT2D eigenvalue weighted by molar-refractivity contribution is 0.149. The minimum absolute atomic E-state index is 0.0841. The topological polar surface area (TPSA) is 47.7 Å². The summed E-state index contributed by atoms with van der Waals surface area (Å²) >= 11 is 0. The molecule has 0 saturated carbocycles. The molecule has 2 aromatic carbocycles. The van der Waals surface area contributed by atoms with Gasteiger partial charge in [-0.15, -0.1) is 0 Å². The van der Waals surface area contributed by atoms with E-state index in [2.05, 4.69) is 54.3 Å². The third-order valence-electron chi connectivity index (χ3n) is 5.13. The second kappa shape index (κ2) is 7.89. The Morgan fingerprint density at radius 1 is 1.12 bits per heavy atom. The van der Waals surface area contributed by atoms with Gasteiger partial charge in [0.15, 0.2) is 11.5 Å². The lowest BCUT2D eigenvalue weighted by Crippen LogP contribution is -2.44. The van der Waals surface area contributed by atoms with E-state index in [9.17, 15) is 0 Å². The fourth-order valence-electron chi connectivity index (χ4n) is 3.75. The number of hydrogen-bond donors (Lipinski definition) is 1. The molecule has 134 valence electrons. The van der Waals surface area contributed by atoms with Crippen LogP contribution in [0.3, 0.4) is 0 Å². The molecular formula is C21H28N2O2. The second-order valence-corrected chi connectivity index (χ2v) is 6.63. The molecule has 0 saturated heterocycles. The molecule has 2 aromatic rings. The molecule has 3 rings (SSSR count). The number of hydrogen-bond acceptors (Lipinski definition) is 4. The van der Waals surface area contributed by atoms with Crippen LogP contribution in [-0.4, -0.2) is 31.7 Å². The Morgan fingerprint density at radius 3 is 2.44 bits per heavy atom. The molecule has 0 aromatic heterocycles. The van der Waals surface area contributed by atoms with Crippen LogP contribution in [0.2, 0.25) is 0 Å². The summed E-state index contributed by atoms with van der Waals surface area (Å²) in [6.45, 7) is 4.06. The number of ether oxygens (including phenoxy) is 2. The van der Waals surface area contributed by atoms with E-state index < -0.39 is 0 Å². The maximum absolute atomic E-state index is 6.55. The highest BCUT2D eigenvalue weighted by atomic mass is 16.5. The van der Waals surface area contributed by atoms with Gasteiger partial charge in [-0.1, -0.05) is 37.3 Å². The Balaban J connectivity index is 1.98. The van der Waals surface area contributed by atoms with Crippen LogP contribution in [0.1, 0.15) is 36.1 Å². The van der Waals surface area contributed by atoms with E-state index in [4.69, 9.17) is 15.2 Å². The van der Waals surface area contributed by atoms with Crippen LogP contribution < -0.4 is 15.2 Å². The zero-order valence-electron chi connectivity index (χ0n) is 15.4. The summed E-state index contributed by atoms with van der Waals surface area (Å²) in [6.07, 6.45) is 1.93. The lowest BCUT2D eigenvalue weighted by atomic mass is 9.86. The summed E-state index contributed by atoms with van der Waals surface area (Å²) in [6, 6.07) is 15.1. The van der Waals surface area contributed by atoms with Crippen molar-refractivity contribution in [2.24, 2.45) is 5.73 Å². The molecule has 0 spiro atoms. The zero-order chi connectivity index (χ0) is 17.8. The van der Waals surface area contributed by atoms with Crippen molar-refractivity contribution in [2.75, 3.05) is 20.8 Å². The monoisotopic (exact) mass is 340 g/mol. The first-order valence-electron chi connectivity index (χ1n) is 8.96. The van der Waals surface area contributed by atoms with Crippen molar-refractivity contribution in [3.05, 3.63) is 59.2 Å². The largest absolute Gasteiger partial charge is 0.493 e. The van der Waals surface area contributed by atoms with Crippen molar-refractivity contribution in [3.63, 3.8) is 0 Å². The molecule has 1 aliphatic heterocycles. The van der Waals surface area contributed by atoms with Crippen LogP contribution in [0.15, 0.2) is 42.5 Å². The third kappa shape index (κ3) is 3.65. The Hall–Kier alpha value is -2.04. The molecule has 1 aliphatic rings. The lowest BCUT2D eigenvalue weighted by Gasteiger charge is -2.40. The van der Waals surface area contributed by atoms with Gasteiger partial charge in [-0.25, -0.2) is 0 Å². The molecule has 4 heteroatoms. The predicted octanol–water partition coefficient (Wildman–Crippen LogP) is 3.54. The zero-order valence-corrected chi connectivity index (χ0v) is 15.4. The average molecular weight is 340 g/mol. The van der Waals surface area contributed by atoms with Crippen molar-refractivity contribution in [2.45, 2.75) is 38.4 Å². The van der Waals surface area contributed by atoms with Crippen LogP contribution >= 0.6 is 0 Å². The van der Waals surface area contributed by atoms with Crippen molar-refractivity contribution < 1.29 is 9.47 Å². The van der Waals surface area contributed by atoms with Crippen molar-refractivity contribution in [1.29, 1.82) is 0 Å². The highest BCUT2D eigenvalue weighted by molar-refractivity contribution is 5.50. The van der Waals surface area contributed by atoms with Gasteiger partial charge in [0.1, 0.15) is 0 Å². The number of nitrogens with zero attached hydrogens (tertiary/aromatic N) is 1. The van der Waals surface area contributed by atoms with Crippen LogP contribution in [0.25, 0.3) is 0 Å². The van der Waals surface area contributed by atoms with Gasteiger partial charge in [0.25, 0.3) is 0 Å². The molecule has 0 radical (unpaired) electrons. The fourth-order valence-corrected chi connectivity index (χ4v) is 3.75. The minimum Gasteiger partial charge on any atom is -0.493 e. The van der Waals surface area contributed by atoms with E-state index in [1.54, 1.807) is 14.2 Å². The van der Waals surface area contributed by atoms with Gasteiger partial charge in [0, 0.05) is 19.1 Å². The van der Waals surface area contributed by atoms with Gasteiger partial charge < -0.3 is 15.2 Å². The van der Waals surface area contributed by atoms with Crippen molar-refractivity contribution in [1.82, 2.24) is 4.90 Å². The maximum atomic E-state index is 6.55. The SMILES string of the molecule is CC[C@H](N)[C@@H]1c2cc(OC)c(OC)cc2CCN1Cc1ccccc1. The summed E-state index contributed by atoms with van der Waals surface area (Å²) in [7, 11) is 3.37. The smallest absolute Gasteiger partial charge is 0.161 e. The van der Waals surface area contributed by atoms with E-state index in [0.29, 0.717) is 0 Å². The number of fused-ring (bicyclic) bond motifs is 1. The molecular weight excluding hydrogens is 312 g/mol. The predicted molar refractivity (Wildman–Crippen MR) is 101 cm³/mol. The van der Waals surface area contributed by atoms with E-state index in [0.717, 1.165) is 37.4 Å². The number of benzene rings is 2. The van der Waals surface area contributed by atoms with Gasteiger partial charge in [0.05, 0.1) is 20.3 Å². The van der Waals surface area contributed by atoms with Gasteiger partial charge in [0.2, 0.25) is 0 Å². The Bertz CT molecular complexity index is 703. The van der Waals surface area contributed by atoms with E-state index in [1.165, 1.54) is 16.7 Å². The highest BCUT2D eigenvalue weighted by Crippen LogP contribution is 2.40. The summed E-state index contributed by atoms with van der Waals surface area (Å²) in [5.74, 6) is 1.57. The second-order valence-electron chi connectivity index (χ2n) is 6.63. The molecule has 0 unspecified atom stereocenters. The third-order valence-corrected chi connectivity index (χ3v) is 5.13. The van der Waals surface area contributed by atoms with Gasteiger partial charge in [-0.2, -0.15) is 0 Å². The highest BCUT2D eigenvalue weighted by Gasteiger charge is 2.32. The van der Waals surface area contributed by atoms with Gasteiger partial charge in [-0.05, 0) is 41.7 Å². The summed E-state index contributed by atoms with van der Waals surface area (Å²) < 4.78 is 11.0. The molecule has 0 amide bonds. The summed E-state index contributed by atoms with van der Waals surface area (Å²) in [5, 5.41) is 0. The van der Waals surface area contributed by atoms with E-state index >= 15 is 0 Å². The first-order valence-corrected chi connectivity index (χ1v) is 8.96. The summed E-state index contributed by atoms with van der Waals surface area (Å²) in [4.78, 5) is 2.50. The normalized spacial score (nSPS) is 18.5. The van der Waals surface area contributed by atoms with E-state index in [-0.39, 0.29) is 12.1 Å². The maximum Gasteiger partial charge on any atom is 0.161 e. The molecule has 2 atom stereocenters. The molecule has 0 fully saturated rings.